The SMILES string of the molecule is CCN1C(=O)N(Cc2ccccn2)C(=O)C12CCN(Cc1cccc(O)c1)CC2. The van der Waals surface area contributed by atoms with Crippen LogP contribution in [0.25, 0.3) is 0 Å². The predicted octanol–water partition coefficient (Wildman–Crippen LogP) is 2.61. The monoisotopic (exact) mass is 394 g/mol. The van der Waals surface area contributed by atoms with E-state index in [1.165, 1.54) is 4.90 Å². The van der Waals surface area contributed by atoms with E-state index in [-0.39, 0.29) is 24.2 Å². The fourth-order valence-electron chi connectivity index (χ4n) is 4.49. The number of amides is 3. The summed E-state index contributed by atoms with van der Waals surface area (Å²) in [4.78, 5) is 36.0. The topological polar surface area (TPSA) is 77.0 Å². The average Bonchev–Trinajstić information content (AvgIpc) is 2.91. The number of pyridine rings is 1. The predicted molar refractivity (Wildman–Crippen MR) is 108 cm³/mol. The van der Waals surface area contributed by atoms with Gasteiger partial charge in [-0.2, -0.15) is 0 Å². The highest BCUT2D eigenvalue weighted by Crippen LogP contribution is 2.38. The molecule has 4 rings (SSSR count). The van der Waals surface area contributed by atoms with Crippen LogP contribution in [0.2, 0.25) is 0 Å². The van der Waals surface area contributed by atoms with Gasteiger partial charge in [-0.25, -0.2) is 4.79 Å². The maximum Gasteiger partial charge on any atom is 0.328 e. The minimum atomic E-state index is -0.754. The number of benzene rings is 1. The lowest BCUT2D eigenvalue weighted by Crippen LogP contribution is -2.56. The number of piperidine rings is 1. The van der Waals surface area contributed by atoms with Gasteiger partial charge in [-0.15, -0.1) is 0 Å². The number of hydrogen-bond donors (Lipinski definition) is 1. The van der Waals surface area contributed by atoms with Crippen molar-refractivity contribution in [2.45, 2.75) is 38.4 Å². The number of likely N-dealkylation sites (tertiary alicyclic amines) is 1. The first-order valence-electron chi connectivity index (χ1n) is 10.1. The Hall–Kier alpha value is -2.93. The van der Waals surface area contributed by atoms with E-state index in [9.17, 15) is 14.7 Å². The van der Waals surface area contributed by atoms with Gasteiger partial charge in [-0.05, 0) is 49.6 Å². The van der Waals surface area contributed by atoms with Crippen molar-refractivity contribution in [1.29, 1.82) is 0 Å². The number of imide groups is 1. The largest absolute Gasteiger partial charge is 0.508 e. The summed E-state index contributed by atoms with van der Waals surface area (Å²) in [6, 6.07) is 12.5. The standard InChI is InChI=1S/C22H26N4O3/c1-2-26-21(29)25(16-18-7-3-4-11-23-18)20(28)22(26)9-12-24(13-10-22)15-17-6-5-8-19(27)14-17/h3-8,11,14,27H,2,9-10,12-13,15-16H2,1H3. The van der Waals surface area contributed by atoms with Crippen molar-refractivity contribution in [3.05, 3.63) is 59.9 Å². The second kappa shape index (κ2) is 7.83. The van der Waals surface area contributed by atoms with Gasteiger partial charge in [0.1, 0.15) is 11.3 Å². The average molecular weight is 394 g/mol. The molecule has 29 heavy (non-hydrogen) atoms. The lowest BCUT2D eigenvalue weighted by Gasteiger charge is -2.42. The first-order chi connectivity index (χ1) is 14.0. The number of rotatable bonds is 5. The van der Waals surface area contributed by atoms with Crippen LogP contribution in [0.1, 0.15) is 31.0 Å². The van der Waals surface area contributed by atoms with E-state index >= 15 is 0 Å². The number of aromatic nitrogens is 1. The van der Waals surface area contributed by atoms with E-state index in [2.05, 4.69) is 9.88 Å². The Balaban J connectivity index is 1.48. The fraction of sp³-hybridized carbons (Fsp3) is 0.409. The first-order valence-corrected chi connectivity index (χ1v) is 10.1. The van der Waals surface area contributed by atoms with Crippen LogP contribution in [-0.4, -0.2) is 61.9 Å². The lowest BCUT2D eigenvalue weighted by molar-refractivity contribution is -0.136. The third-order valence-electron chi connectivity index (χ3n) is 5.98. The summed E-state index contributed by atoms with van der Waals surface area (Å²) >= 11 is 0. The lowest BCUT2D eigenvalue weighted by atomic mass is 9.85. The van der Waals surface area contributed by atoms with Gasteiger partial charge in [-0.1, -0.05) is 18.2 Å². The molecule has 0 aliphatic carbocycles. The highest BCUT2D eigenvalue weighted by molar-refractivity contribution is 6.07. The maximum absolute atomic E-state index is 13.4. The van der Waals surface area contributed by atoms with Crippen molar-refractivity contribution in [2.75, 3.05) is 19.6 Å². The second-order valence-electron chi connectivity index (χ2n) is 7.72. The molecule has 2 aromatic rings. The van der Waals surface area contributed by atoms with Gasteiger partial charge in [0.05, 0.1) is 12.2 Å². The zero-order chi connectivity index (χ0) is 20.4. The van der Waals surface area contributed by atoms with Gasteiger partial charge in [-0.3, -0.25) is 19.6 Å². The molecule has 2 fully saturated rings. The summed E-state index contributed by atoms with van der Waals surface area (Å²) in [7, 11) is 0. The summed E-state index contributed by atoms with van der Waals surface area (Å²) in [5, 5.41) is 9.67. The Bertz CT molecular complexity index is 894. The molecule has 2 saturated heterocycles. The van der Waals surface area contributed by atoms with Crippen molar-refractivity contribution < 1.29 is 14.7 Å². The van der Waals surface area contributed by atoms with E-state index in [1.807, 2.05) is 37.3 Å². The maximum atomic E-state index is 13.4. The van der Waals surface area contributed by atoms with Gasteiger partial charge >= 0.3 is 6.03 Å². The number of nitrogens with zero attached hydrogens (tertiary/aromatic N) is 4. The van der Waals surface area contributed by atoms with Crippen LogP contribution >= 0.6 is 0 Å². The Morgan fingerprint density at radius 1 is 1.07 bits per heavy atom. The van der Waals surface area contributed by atoms with E-state index in [4.69, 9.17) is 0 Å². The third kappa shape index (κ3) is 3.58. The highest BCUT2D eigenvalue weighted by Gasteiger charge is 2.57. The van der Waals surface area contributed by atoms with Crippen LogP contribution in [0.3, 0.4) is 0 Å². The van der Waals surface area contributed by atoms with Crippen LogP contribution in [0.15, 0.2) is 48.7 Å². The summed E-state index contributed by atoms with van der Waals surface area (Å²) in [5.41, 5.74) is 0.998. The summed E-state index contributed by atoms with van der Waals surface area (Å²) in [6.07, 6.45) is 2.90. The number of carbonyl (C=O) groups is 2. The molecule has 152 valence electrons. The van der Waals surface area contributed by atoms with Crippen LogP contribution < -0.4 is 0 Å². The molecule has 3 amide bonds. The summed E-state index contributed by atoms with van der Waals surface area (Å²) in [5.74, 6) is 0.155. The Morgan fingerprint density at radius 2 is 1.86 bits per heavy atom. The smallest absolute Gasteiger partial charge is 0.328 e. The number of phenolic OH excluding ortho intramolecular Hbond substituents is 1. The molecule has 0 saturated carbocycles. The second-order valence-corrected chi connectivity index (χ2v) is 7.72. The quantitative estimate of drug-likeness (QED) is 0.789. The van der Waals surface area contributed by atoms with E-state index in [1.54, 1.807) is 23.2 Å². The molecule has 3 heterocycles. The number of urea groups is 1. The molecule has 0 bridgehead atoms. The third-order valence-corrected chi connectivity index (χ3v) is 5.98. The molecule has 1 spiro atoms. The number of hydrogen-bond acceptors (Lipinski definition) is 5. The van der Waals surface area contributed by atoms with Gasteiger partial charge in [0.25, 0.3) is 5.91 Å². The normalized spacial score (nSPS) is 19.3. The van der Waals surface area contributed by atoms with Gasteiger partial charge < -0.3 is 10.0 Å². The van der Waals surface area contributed by atoms with Crippen LogP contribution in [0.5, 0.6) is 5.75 Å². The molecule has 0 atom stereocenters. The van der Waals surface area contributed by atoms with Crippen LogP contribution in [-0.2, 0) is 17.9 Å². The van der Waals surface area contributed by atoms with Gasteiger partial charge in [0.15, 0.2) is 0 Å². The molecule has 1 aromatic carbocycles. The summed E-state index contributed by atoms with van der Waals surface area (Å²) < 4.78 is 0. The molecule has 2 aliphatic rings. The van der Waals surface area contributed by atoms with E-state index < -0.39 is 5.54 Å². The Kier molecular flexibility index (Phi) is 5.24. The molecule has 7 nitrogen and oxygen atoms in total. The van der Waals surface area contributed by atoms with Gasteiger partial charge in [0, 0.05) is 32.4 Å². The molecular formula is C22H26N4O3. The van der Waals surface area contributed by atoms with Crippen molar-refractivity contribution in [3.8, 4) is 5.75 Å². The van der Waals surface area contributed by atoms with Crippen LogP contribution in [0.4, 0.5) is 4.79 Å². The molecule has 0 unspecified atom stereocenters. The van der Waals surface area contributed by atoms with Crippen molar-refractivity contribution in [1.82, 2.24) is 19.7 Å². The number of likely N-dealkylation sites (N-methyl/N-ethyl adjacent to an activating group) is 1. The van der Waals surface area contributed by atoms with Crippen molar-refractivity contribution in [2.24, 2.45) is 0 Å². The van der Waals surface area contributed by atoms with E-state index in [0.29, 0.717) is 25.1 Å². The zero-order valence-corrected chi connectivity index (χ0v) is 16.6. The first kappa shape index (κ1) is 19.4. The molecule has 1 aromatic heterocycles. The van der Waals surface area contributed by atoms with E-state index in [0.717, 1.165) is 25.2 Å². The van der Waals surface area contributed by atoms with Crippen molar-refractivity contribution >= 4 is 11.9 Å². The van der Waals surface area contributed by atoms with Gasteiger partial charge in [0.2, 0.25) is 0 Å². The molecule has 0 radical (unpaired) electrons. The number of phenols is 1. The molecule has 2 aliphatic heterocycles. The Morgan fingerprint density at radius 3 is 2.52 bits per heavy atom. The summed E-state index contributed by atoms with van der Waals surface area (Å²) in [6.45, 7) is 4.82. The minimum absolute atomic E-state index is 0.105. The fourth-order valence-corrected chi connectivity index (χ4v) is 4.49. The highest BCUT2D eigenvalue weighted by atomic mass is 16.3. The van der Waals surface area contributed by atoms with Crippen LogP contribution in [0, 0.1) is 0 Å². The molecule has 7 heteroatoms. The molecule has 1 N–H and O–H groups in total. The van der Waals surface area contributed by atoms with Crippen molar-refractivity contribution in [3.63, 3.8) is 0 Å². The molecular weight excluding hydrogens is 368 g/mol. The minimum Gasteiger partial charge on any atom is -0.508 e. The zero-order valence-electron chi connectivity index (χ0n) is 16.6. The number of aromatic hydroxyl groups is 1. The number of carbonyl (C=O) groups excluding carboxylic acids is 2. The Labute approximate surface area is 170 Å².